The molecule has 0 saturated heterocycles. The third kappa shape index (κ3) is 4.93. The molecule has 1 amide bonds. The van der Waals surface area contributed by atoms with Crippen molar-refractivity contribution in [2.45, 2.75) is 13.2 Å². The predicted octanol–water partition coefficient (Wildman–Crippen LogP) is 5.65. The van der Waals surface area contributed by atoms with Crippen LogP contribution in [0.25, 0.3) is 10.8 Å². The molecule has 1 N–H and O–H groups in total. The highest BCUT2D eigenvalue weighted by molar-refractivity contribution is 6.01. The molecule has 0 bridgehead atoms. The van der Waals surface area contributed by atoms with Crippen molar-refractivity contribution in [2.75, 3.05) is 5.32 Å². The maximum absolute atomic E-state index is 13.0. The molecule has 0 unspecified atom stereocenters. The van der Waals surface area contributed by atoms with Crippen LogP contribution in [-0.4, -0.2) is 15.7 Å². The van der Waals surface area contributed by atoms with Gasteiger partial charge in [-0.05, 0) is 52.7 Å². The lowest BCUT2D eigenvalue weighted by molar-refractivity contribution is 0.0992. The number of rotatable bonds is 7. The molecule has 6 nitrogen and oxygen atoms in total. The van der Waals surface area contributed by atoms with Crippen LogP contribution in [0, 0.1) is 5.82 Å². The Morgan fingerprint density at radius 3 is 2.64 bits per heavy atom. The number of furan rings is 1. The normalized spacial score (nSPS) is 10.9. The molecule has 0 fully saturated rings. The smallest absolute Gasteiger partial charge is 0.292 e. The van der Waals surface area contributed by atoms with E-state index in [0.29, 0.717) is 18.1 Å². The second-order valence-corrected chi connectivity index (χ2v) is 7.54. The van der Waals surface area contributed by atoms with Crippen LogP contribution >= 0.6 is 0 Å². The molecular weight excluding hydrogens is 421 g/mol. The summed E-state index contributed by atoms with van der Waals surface area (Å²) in [6, 6.07) is 25.1. The fraction of sp³-hybridized carbons (Fsp3) is 0.0769. The molecule has 5 aromatic rings. The number of hydrogen-bond acceptors (Lipinski definition) is 4. The minimum Gasteiger partial charge on any atom is -0.486 e. The van der Waals surface area contributed by atoms with Gasteiger partial charge in [0.2, 0.25) is 0 Å². The van der Waals surface area contributed by atoms with Gasteiger partial charge in [-0.2, -0.15) is 5.10 Å². The Labute approximate surface area is 189 Å². The molecule has 3 aromatic carbocycles. The Bertz CT molecular complexity index is 1410. The van der Waals surface area contributed by atoms with E-state index in [2.05, 4.69) is 10.4 Å². The highest BCUT2D eigenvalue weighted by Crippen LogP contribution is 2.22. The van der Waals surface area contributed by atoms with E-state index in [1.54, 1.807) is 41.2 Å². The molecule has 0 atom stereocenters. The van der Waals surface area contributed by atoms with Gasteiger partial charge < -0.3 is 14.5 Å². The van der Waals surface area contributed by atoms with Gasteiger partial charge in [0.25, 0.3) is 5.91 Å². The van der Waals surface area contributed by atoms with Crippen molar-refractivity contribution < 1.29 is 18.3 Å². The third-order valence-electron chi connectivity index (χ3n) is 5.13. The molecule has 7 heteroatoms. The van der Waals surface area contributed by atoms with Crippen molar-refractivity contribution in [3.05, 3.63) is 114 Å². The van der Waals surface area contributed by atoms with Gasteiger partial charge in [-0.1, -0.05) is 42.5 Å². The number of hydrogen-bond donors (Lipinski definition) is 1. The molecule has 164 valence electrons. The van der Waals surface area contributed by atoms with Gasteiger partial charge in [0, 0.05) is 12.3 Å². The Morgan fingerprint density at radius 1 is 0.970 bits per heavy atom. The van der Waals surface area contributed by atoms with E-state index in [1.807, 2.05) is 42.5 Å². The Balaban J connectivity index is 1.18. The molecule has 0 radical (unpaired) electrons. The summed E-state index contributed by atoms with van der Waals surface area (Å²) in [5.41, 5.74) is 0.902. The SMILES string of the molecule is O=C(Nc1ccn(Cc2ccc(F)cc2)n1)c1ccc(COc2ccc3ccccc3c2)o1. The number of nitrogens with one attached hydrogen (secondary N) is 1. The number of fused-ring (bicyclic) bond motifs is 1. The average Bonchev–Trinajstić information content (AvgIpc) is 3.49. The van der Waals surface area contributed by atoms with Gasteiger partial charge in [0.05, 0.1) is 6.54 Å². The molecular formula is C26H20FN3O3. The molecule has 0 aliphatic carbocycles. The fourth-order valence-electron chi connectivity index (χ4n) is 3.46. The van der Waals surface area contributed by atoms with Crippen LogP contribution in [-0.2, 0) is 13.2 Å². The van der Waals surface area contributed by atoms with Crippen molar-refractivity contribution in [1.82, 2.24) is 9.78 Å². The summed E-state index contributed by atoms with van der Waals surface area (Å²) in [7, 11) is 0. The van der Waals surface area contributed by atoms with Crippen LogP contribution in [0.4, 0.5) is 10.2 Å². The summed E-state index contributed by atoms with van der Waals surface area (Å²) < 4.78 is 26.1. The molecule has 2 aromatic heterocycles. The maximum atomic E-state index is 13.0. The van der Waals surface area contributed by atoms with E-state index in [-0.39, 0.29) is 18.2 Å². The summed E-state index contributed by atoms with van der Waals surface area (Å²) in [4.78, 5) is 12.5. The van der Waals surface area contributed by atoms with E-state index < -0.39 is 5.91 Å². The van der Waals surface area contributed by atoms with Crippen LogP contribution in [0.3, 0.4) is 0 Å². The average molecular weight is 441 g/mol. The number of halogens is 1. The summed E-state index contributed by atoms with van der Waals surface area (Å²) in [5.74, 6) is 1.14. The highest BCUT2D eigenvalue weighted by atomic mass is 19.1. The molecule has 0 aliphatic heterocycles. The Hall–Kier alpha value is -4.39. The zero-order valence-electron chi connectivity index (χ0n) is 17.6. The Kier molecular flexibility index (Phi) is 5.59. The highest BCUT2D eigenvalue weighted by Gasteiger charge is 2.13. The largest absolute Gasteiger partial charge is 0.486 e. The number of benzene rings is 3. The van der Waals surface area contributed by atoms with E-state index in [1.165, 1.54) is 12.1 Å². The van der Waals surface area contributed by atoms with Gasteiger partial charge in [0.15, 0.2) is 11.6 Å². The molecule has 2 heterocycles. The third-order valence-corrected chi connectivity index (χ3v) is 5.13. The van der Waals surface area contributed by atoms with Crippen LogP contribution < -0.4 is 10.1 Å². The summed E-state index contributed by atoms with van der Waals surface area (Å²) in [6.45, 7) is 0.672. The summed E-state index contributed by atoms with van der Waals surface area (Å²) >= 11 is 0. The minimum absolute atomic E-state index is 0.167. The lowest BCUT2D eigenvalue weighted by atomic mass is 10.1. The molecule has 0 saturated carbocycles. The fourth-order valence-corrected chi connectivity index (χ4v) is 3.46. The second-order valence-electron chi connectivity index (χ2n) is 7.54. The van der Waals surface area contributed by atoms with Gasteiger partial charge in [-0.15, -0.1) is 0 Å². The number of carbonyl (C=O) groups excluding carboxylic acids is 1. The molecule has 0 aliphatic rings. The van der Waals surface area contributed by atoms with Crippen LogP contribution in [0.5, 0.6) is 5.75 Å². The van der Waals surface area contributed by atoms with Crippen molar-refractivity contribution in [1.29, 1.82) is 0 Å². The lowest BCUT2D eigenvalue weighted by Crippen LogP contribution is -2.12. The number of amides is 1. The van der Waals surface area contributed by atoms with E-state index in [0.717, 1.165) is 22.1 Å². The number of aromatic nitrogens is 2. The van der Waals surface area contributed by atoms with Gasteiger partial charge >= 0.3 is 0 Å². The molecule has 33 heavy (non-hydrogen) atoms. The quantitative estimate of drug-likeness (QED) is 0.354. The number of anilines is 1. The number of carbonyl (C=O) groups is 1. The van der Waals surface area contributed by atoms with Crippen molar-refractivity contribution in [3.63, 3.8) is 0 Å². The maximum Gasteiger partial charge on any atom is 0.292 e. The number of nitrogens with zero attached hydrogens (tertiary/aromatic N) is 2. The first-order valence-corrected chi connectivity index (χ1v) is 10.4. The topological polar surface area (TPSA) is 69.3 Å². The second kappa shape index (κ2) is 9.00. The van der Waals surface area contributed by atoms with E-state index in [9.17, 15) is 9.18 Å². The van der Waals surface area contributed by atoms with Crippen molar-refractivity contribution >= 4 is 22.5 Å². The zero-order chi connectivity index (χ0) is 22.6. The first-order valence-electron chi connectivity index (χ1n) is 10.4. The van der Waals surface area contributed by atoms with E-state index in [4.69, 9.17) is 9.15 Å². The first kappa shape index (κ1) is 20.5. The standard InChI is InChI=1S/C26H20FN3O3/c27-21-8-5-18(6-9-21)16-30-14-13-25(29-30)28-26(31)24-12-11-23(33-24)17-32-22-10-7-19-3-1-2-4-20(19)15-22/h1-15H,16-17H2,(H,28,29,31). The predicted molar refractivity (Wildman–Crippen MR) is 123 cm³/mol. The lowest BCUT2D eigenvalue weighted by Gasteiger charge is -2.06. The van der Waals surface area contributed by atoms with Crippen LogP contribution in [0.2, 0.25) is 0 Å². The number of ether oxygens (including phenoxy) is 1. The first-order chi connectivity index (χ1) is 16.1. The molecule has 0 spiro atoms. The van der Waals surface area contributed by atoms with Gasteiger partial charge in [0.1, 0.15) is 23.9 Å². The van der Waals surface area contributed by atoms with Crippen LogP contribution in [0.15, 0.2) is 95.5 Å². The van der Waals surface area contributed by atoms with Crippen molar-refractivity contribution in [3.8, 4) is 5.75 Å². The monoisotopic (exact) mass is 441 g/mol. The summed E-state index contributed by atoms with van der Waals surface area (Å²) in [5, 5.41) is 9.27. The van der Waals surface area contributed by atoms with Gasteiger partial charge in [-0.3, -0.25) is 9.48 Å². The zero-order valence-corrected chi connectivity index (χ0v) is 17.6. The van der Waals surface area contributed by atoms with Crippen LogP contribution in [0.1, 0.15) is 21.9 Å². The van der Waals surface area contributed by atoms with Gasteiger partial charge in [-0.25, -0.2) is 4.39 Å². The van der Waals surface area contributed by atoms with E-state index >= 15 is 0 Å². The van der Waals surface area contributed by atoms with Crippen molar-refractivity contribution in [2.24, 2.45) is 0 Å². The minimum atomic E-state index is -0.404. The summed E-state index contributed by atoms with van der Waals surface area (Å²) in [6.07, 6.45) is 1.74. The Morgan fingerprint density at radius 2 is 1.79 bits per heavy atom. The molecule has 5 rings (SSSR count).